The van der Waals surface area contributed by atoms with E-state index in [1.54, 1.807) is 0 Å². The van der Waals surface area contributed by atoms with E-state index in [1.807, 2.05) is 5.94 Å². The van der Waals surface area contributed by atoms with Crippen LogP contribution in [0.3, 0.4) is 0 Å². The van der Waals surface area contributed by atoms with Crippen molar-refractivity contribution < 1.29 is 14.7 Å². The number of unbranched alkanes of at least 4 members (excludes halogenated alkanes) is 5. The highest BCUT2D eigenvalue weighted by Crippen LogP contribution is 2.13. The normalized spacial score (nSPS) is 9.81. The molecular weight excluding hydrogens is 204 g/mol. The summed E-state index contributed by atoms with van der Waals surface area (Å²) in [5.41, 5.74) is 0.623. The topological polar surface area (TPSA) is 54.4 Å². The molecule has 0 amide bonds. The van der Waals surface area contributed by atoms with Gasteiger partial charge in [-0.3, -0.25) is 4.79 Å². The Labute approximate surface area is 97.5 Å². The standard InChI is InChI=1S/C13H22O3/c1-2-3-4-5-6-7-8-12(11-14)9-10-13(15)16/h2-10H2,1H3,(H,15,16). The number of allylic oxidation sites excluding steroid dienone is 1. The van der Waals surface area contributed by atoms with E-state index in [0.717, 1.165) is 12.8 Å². The van der Waals surface area contributed by atoms with Crippen molar-refractivity contribution in [3.63, 3.8) is 0 Å². The SMILES string of the molecule is CCCCCCCCC(=C=O)CCC(=O)O. The van der Waals surface area contributed by atoms with Crippen LogP contribution in [0.15, 0.2) is 5.57 Å². The van der Waals surface area contributed by atoms with Crippen molar-refractivity contribution in [2.75, 3.05) is 0 Å². The summed E-state index contributed by atoms with van der Waals surface area (Å²) in [4.78, 5) is 20.9. The lowest BCUT2D eigenvalue weighted by Crippen LogP contribution is -1.96. The molecule has 0 rings (SSSR count). The van der Waals surface area contributed by atoms with Crippen LogP contribution < -0.4 is 0 Å². The number of carbonyl (C=O) groups excluding carboxylic acids is 1. The Morgan fingerprint density at radius 1 is 1.00 bits per heavy atom. The van der Waals surface area contributed by atoms with E-state index in [4.69, 9.17) is 5.11 Å². The Morgan fingerprint density at radius 3 is 2.19 bits per heavy atom. The fourth-order valence-corrected chi connectivity index (χ4v) is 1.60. The molecule has 0 aromatic rings. The molecule has 0 fully saturated rings. The van der Waals surface area contributed by atoms with E-state index in [-0.39, 0.29) is 6.42 Å². The number of rotatable bonds is 10. The number of carboxylic acids is 1. The summed E-state index contributed by atoms with van der Waals surface area (Å²) in [6.45, 7) is 2.18. The van der Waals surface area contributed by atoms with Gasteiger partial charge in [0.2, 0.25) is 0 Å². The highest BCUT2D eigenvalue weighted by molar-refractivity contribution is 5.68. The van der Waals surface area contributed by atoms with Crippen molar-refractivity contribution in [2.45, 2.75) is 64.7 Å². The minimum Gasteiger partial charge on any atom is -0.481 e. The molecule has 0 heterocycles. The quantitative estimate of drug-likeness (QED) is 0.459. The lowest BCUT2D eigenvalue weighted by molar-refractivity contribution is -0.136. The Hall–Kier alpha value is -1.08. The molecule has 0 bridgehead atoms. The first-order valence-corrected chi connectivity index (χ1v) is 6.15. The van der Waals surface area contributed by atoms with Gasteiger partial charge in [-0.05, 0) is 19.3 Å². The highest BCUT2D eigenvalue weighted by Gasteiger charge is 2.03. The summed E-state index contributed by atoms with van der Waals surface area (Å²) in [5.74, 6) is 1.01. The molecule has 0 unspecified atom stereocenters. The number of hydrogen-bond acceptors (Lipinski definition) is 2. The highest BCUT2D eigenvalue weighted by atomic mass is 16.4. The number of aliphatic carboxylic acids is 1. The minimum atomic E-state index is -0.851. The van der Waals surface area contributed by atoms with Crippen LogP contribution in [-0.4, -0.2) is 17.0 Å². The van der Waals surface area contributed by atoms with Gasteiger partial charge in [0.25, 0.3) is 0 Å². The zero-order valence-corrected chi connectivity index (χ0v) is 10.1. The lowest BCUT2D eigenvalue weighted by Gasteiger charge is -2.02. The maximum absolute atomic E-state index is 10.5. The summed E-state index contributed by atoms with van der Waals surface area (Å²) in [7, 11) is 0. The van der Waals surface area contributed by atoms with Crippen LogP contribution >= 0.6 is 0 Å². The first kappa shape index (κ1) is 14.9. The first-order chi connectivity index (χ1) is 7.70. The largest absolute Gasteiger partial charge is 0.481 e. The third kappa shape index (κ3) is 9.47. The van der Waals surface area contributed by atoms with Crippen LogP contribution in [0.2, 0.25) is 0 Å². The summed E-state index contributed by atoms with van der Waals surface area (Å²) < 4.78 is 0. The van der Waals surface area contributed by atoms with Gasteiger partial charge in [-0.25, -0.2) is 4.79 Å². The van der Waals surface area contributed by atoms with Crippen LogP contribution in [0.5, 0.6) is 0 Å². The van der Waals surface area contributed by atoms with Crippen LogP contribution in [0.4, 0.5) is 0 Å². The van der Waals surface area contributed by atoms with E-state index in [2.05, 4.69) is 6.92 Å². The number of hydrogen-bond donors (Lipinski definition) is 1. The van der Waals surface area contributed by atoms with E-state index in [1.165, 1.54) is 25.7 Å². The molecule has 0 saturated heterocycles. The molecule has 0 aromatic carbocycles. The van der Waals surface area contributed by atoms with Crippen LogP contribution in [0.1, 0.15) is 64.7 Å². The third-order valence-corrected chi connectivity index (χ3v) is 2.62. The van der Waals surface area contributed by atoms with Crippen molar-refractivity contribution in [1.29, 1.82) is 0 Å². The van der Waals surface area contributed by atoms with Gasteiger partial charge in [0.05, 0.1) is 0 Å². The van der Waals surface area contributed by atoms with Gasteiger partial charge in [-0.2, -0.15) is 0 Å². The fraction of sp³-hybridized carbons (Fsp3) is 0.769. The Morgan fingerprint density at radius 2 is 1.62 bits per heavy atom. The van der Waals surface area contributed by atoms with Gasteiger partial charge in [0, 0.05) is 12.0 Å². The third-order valence-electron chi connectivity index (χ3n) is 2.62. The van der Waals surface area contributed by atoms with Gasteiger partial charge in [0.1, 0.15) is 5.94 Å². The Balaban J connectivity index is 3.49. The maximum Gasteiger partial charge on any atom is 0.303 e. The van der Waals surface area contributed by atoms with Gasteiger partial charge in [-0.15, -0.1) is 0 Å². The van der Waals surface area contributed by atoms with Gasteiger partial charge in [0.15, 0.2) is 0 Å². The maximum atomic E-state index is 10.5. The predicted octanol–water partition coefficient (Wildman–Crippen LogP) is 3.36. The molecule has 0 atom stereocenters. The van der Waals surface area contributed by atoms with E-state index >= 15 is 0 Å². The first-order valence-electron chi connectivity index (χ1n) is 6.15. The van der Waals surface area contributed by atoms with Gasteiger partial charge >= 0.3 is 5.97 Å². The monoisotopic (exact) mass is 226 g/mol. The summed E-state index contributed by atoms with van der Waals surface area (Å²) >= 11 is 0. The zero-order chi connectivity index (χ0) is 12.2. The van der Waals surface area contributed by atoms with Crippen LogP contribution in [0, 0.1) is 0 Å². The van der Waals surface area contributed by atoms with Crippen molar-refractivity contribution >= 4 is 11.9 Å². The number of carboxylic acid groups (broad SMARTS) is 1. The Kier molecular flexibility index (Phi) is 9.73. The molecule has 0 radical (unpaired) electrons. The van der Waals surface area contributed by atoms with Crippen molar-refractivity contribution in [3.8, 4) is 0 Å². The predicted molar refractivity (Wildman–Crippen MR) is 64.1 cm³/mol. The average molecular weight is 226 g/mol. The van der Waals surface area contributed by atoms with E-state index < -0.39 is 5.97 Å². The van der Waals surface area contributed by atoms with E-state index in [9.17, 15) is 9.59 Å². The minimum absolute atomic E-state index is 0.0421. The molecule has 16 heavy (non-hydrogen) atoms. The second-order valence-corrected chi connectivity index (χ2v) is 4.12. The lowest BCUT2D eigenvalue weighted by atomic mass is 10.0. The van der Waals surface area contributed by atoms with Crippen LogP contribution in [0.25, 0.3) is 0 Å². The smallest absolute Gasteiger partial charge is 0.303 e. The second kappa shape index (κ2) is 10.4. The number of carbonyl (C=O) groups is 1. The molecule has 0 aliphatic rings. The van der Waals surface area contributed by atoms with Crippen molar-refractivity contribution in [2.24, 2.45) is 0 Å². The van der Waals surface area contributed by atoms with Crippen molar-refractivity contribution in [1.82, 2.24) is 0 Å². The molecule has 3 heteroatoms. The molecule has 0 spiro atoms. The Bertz CT molecular complexity index is 240. The van der Waals surface area contributed by atoms with Crippen LogP contribution in [-0.2, 0) is 9.59 Å². The van der Waals surface area contributed by atoms with Gasteiger partial charge in [-0.1, -0.05) is 39.0 Å². The molecule has 0 aliphatic heterocycles. The molecule has 0 aliphatic carbocycles. The molecule has 0 aromatic heterocycles. The fourth-order valence-electron chi connectivity index (χ4n) is 1.60. The van der Waals surface area contributed by atoms with Crippen molar-refractivity contribution in [3.05, 3.63) is 5.57 Å². The van der Waals surface area contributed by atoms with Gasteiger partial charge < -0.3 is 5.11 Å². The average Bonchev–Trinajstić information content (AvgIpc) is 2.27. The molecule has 92 valence electrons. The molecular formula is C13H22O3. The summed E-state index contributed by atoms with van der Waals surface area (Å²) in [6.07, 6.45) is 8.18. The molecule has 1 N–H and O–H groups in total. The second-order valence-electron chi connectivity index (χ2n) is 4.12. The zero-order valence-electron chi connectivity index (χ0n) is 10.1. The summed E-state index contributed by atoms with van der Waals surface area (Å²) in [5, 5.41) is 8.48. The molecule has 0 saturated carbocycles. The summed E-state index contributed by atoms with van der Waals surface area (Å²) in [6, 6.07) is 0. The van der Waals surface area contributed by atoms with E-state index in [0.29, 0.717) is 18.4 Å². The molecule has 3 nitrogen and oxygen atoms in total.